The van der Waals surface area contributed by atoms with Crippen LogP contribution in [0, 0.1) is 0 Å². The van der Waals surface area contributed by atoms with Crippen LogP contribution in [0.1, 0.15) is 5.69 Å². The summed E-state index contributed by atoms with van der Waals surface area (Å²) in [5, 5.41) is 0. The normalized spacial score (nSPS) is 10.7. The molecule has 0 atom stereocenters. The van der Waals surface area contributed by atoms with Gasteiger partial charge in [-0.15, -0.1) is 0 Å². The molecule has 2 N–H and O–H groups in total. The van der Waals surface area contributed by atoms with Gasteiger partial charge >= 0.3 is 0 Å². The summed E-state index contributed by atoms with van der Waals surface area (Å²) >= 11 is 0. The van der Waals surface area contributed by atoms with Crippen molar-refractivity contribution < 1.29 is 4.74 Å². The van der Waals surface area contributed by atoms with Crippen LogP contribution in [0.15, 0.2) is 18.6 Å². The van der Waals surface area contributed by atoms with Gasteiger partial charge in [-0.2, -0.15) is 0 Å². The summed E-state index contributed by atoms with van der Waals surface area (Å²) in [6, 6.07) is 0. The second-order valence-electron chi connectivity index (χ2n) is 2.95. The fourth-order valence-electron chi connectivity index (χ4n) is 1.36. The van der Waals surface area contributed by atoms with Crippen LogP contribution in [-0.4, -0.2) is 28.0 Å². The highest BCUT2D eigenvalue weighted by Crippen LogP contribution is 2.10. The Labute approximate surface area is 81.5 Å². The van der Waals surface area contributed by atoms with E-state index in [0.717, 1.165) is 17.8 Å². The van der Waals surface area contributed by atoms with Gasteiger partial charge in [0.05, 0.1) is 19.5 Å². The maximum Gasteiger partial charge on any atom is 0.230 e. The van der Waals surface area contributed by atoms with Crippen molar-refractivity contribution in [2.24, 2.45) is 5.73 Å². The second-order valence-corrected chi connectivity index (χ2v) is 2.95. The Hall–Kier alpha value is -1.62. The molecule has 0 amide bonds. The lowest BCUT2D eigenvalue weighted by Crippen LogP contribution is -2.05. The maximum atomic E-state index is 5.49. The van der Waals surface area contributed by atoms with E-state index in [1.807, 2.05) is 16.8 Å². The zero-order valence-corrected chi connectivity index (χ0v) is 7.97. The molecule has 0 radical (unpaired) electrons. The Kier molecular flexibility index (Phi) is 2.32. The Morgan fingerprint density at radius 2 is 2.29 bits per heavy atom. The number of methoxy groups -OCH3 is 1. The third kappa shape index (κ3) is 1.42. The largest absolute Gasteiger partial charge is 0.480 e. The molecular weight excluding hydrogens is 180 g/mol. The van der Waals surface area contributed by atoms with Gasteiger partial charge in [-0.05, 0) is 6.54 Å². The molecule has 0 aliphatic heterocycles. The van der Waals surface area contributed by atoms with E-state index in [0.29, 0.717) is 12.4 Å². The van der Waals surface area contributed by atoms with Crippen molar-refractivity contribution in [1.29, 1.82) is 0 Å². The number of imidazole rings is 1. The van der Waals surface area contributed by atoms with Crippen molar-refractivity contribution in [3.63, 3.8) is 0 Å². The van der Waals surface area contributed by atoms with E-state index >= 15 is 0 Å². The summed E-state index contributed by atoms with van der Waals surface area (Å²) in [5.74, 6) is 0.578. The van der Waals surface area contributed by atoms with Crippen LogP contribution < -0.4 is 10.5 Å². The molecule has 0 aliphatic carbocycles. The minimum Gasteiger partial charge on any atom is -0.480 e. The third-order valence-corrected chi connectivity index (χ3v) is 2.06. The van der Waals surface area contributed by atoms with Gasteiger partial charge in [0, 0.05) is 18.3 Å². The number of aromatic nitrogens is 3. The highest BCUT2D eigenvalue weighted by molar-refractivity contribution is 5.39. The van der Waals surface area contributed by atoms with Crippen LogP contribution in [0.2, 0.25) is 0 Å². The number of ether oxygens (including phenoxy) is 1. The third-order valence-electron chi connectivity index (χ3n) is 2.06. The van der Waals surface area contributed by atoms with E-state index in [9.17, 15) is 0 Å². The van der Waals surface area contributed by atoms with E-state index in [2.05, 4.69) is 9.97 Å². The first-order valence-electron chi connectivity index (χ1n) is 4.41. The molecule has 0 unspecified atom stereocenters. The van der Waals surface area contributed by atoms with Gasteiger partial charge < -0.3 is 10.5 Å². The monoisotopic (exact) mass is 192 g/mol. The van der Waals surface area contributed by atoms with Gasteiger partial charge in [0.15, 0.2) is 5.65 Å². The first-order chi connectivity index (χ1) is 6.85. The minimum atomic E-state index is 0.578. The van der Waals surface area contributed by atoms with E-state index in [1.54, 1.807) is 13.3 Å². The zero-order valence-electron chi connectivity index (χ0n) is 7.97. The fourth-order valence-corrected chi connectivity index (χ4v) is 1.36. The number of rotatable bonds is 3. The summed E-state index contributed by atoms with van der Waals surface area (Å²) in [6.45, 7) is 0.610. The molecule has 2 aromatic rings. The number of hydrogen-bond donors (Lipinski definition) is 1. The van der Waals surface area contributed by atoms with E-state index < -0.39 is 0 Å². The highest BCUT2D eigenvalue weighted by atomic mass is 16.5. The van der Waals surface area contributed by atoms with Gasteiger partial charge in [0.1, 0.15) is 0 Å². The summed E-state index contributed by atoms with van der Waals surface area (Å²) in [7, 11) is 1.59. The molecule has 14 heavy (non-hydrogen) atoms. The minimum absolute atomic E-state index is 0.578. The van der Waals surface area contributed by atoms with Crippen molar-refractivity contribution in [3.05, 3.63) is 24.3 Å². The number of fused-ring (bicyclic) bond motifs is 1. The Balaban J connectivity index is 2.52. The quantitative estimate of drug-likeness (QED) is 0.756. The maximum absolute atomic E-state index is 5.49. The second kappa shape index (κ2) is 3.63. The lowest BCUT2D eigenvalue weighted by molar-refractivity contribution is 0.395. The van der Waals surface area contributed by atoms with Crippen molar-refractivity contribution in [2.45, 2.75) is 6.42 Å². The Morgan fingerprint density at radius 3 is 3.00 bits per heavy atom. The summed E-state index contributed by atoms with van der Waals surface area (Å²) < 4.78 is 6.98. The van der Waals surface area contributed by atoms with Crippen molar-refractivity contribution in [1.82, 2.24) is 14.4 Å². The van der Waals surface area contributed by atoms with Gasteiger partial charge in [0.2, 0.25) is 5.88 Å². The molecule has 0 spiro atoms. The average Bonchev–Trinajstić information content (AvgIpc) is 2.61. The Morgan fingerprint density at radius 1 is 1.43 bits per heavy atom. The molecule has 0 saturated carbocycles. The molecule has 2 heterocycles. The topological polar surface area (TPSA) is 65.4 Å². The smallest absolute Gasteiger partial charge is 0.230 e. The highest BCUT2D eigenvalue weighted by Gasteiger charge is 2.03. The molecule has 2 rings (SSSR count). The average molecular weight is 192 g/mol. The molecule has 0 aliphatic rings. The van der Waals surface area contributed by atoms with Crippen LogP contribution in [0.25, 0.3) is 5.65 Å². The Bertz CT molecular complexity index is 437. The van der Waals surface area contributed by atoms with E-state index in [-0.39, 0.29) is 0 Å². The van der Waals surface area contributed by atoms with Crippen LogP contribution in [0.5, 0.6) is 5.88 Å². The lowest BCUT2D eigenvalue weighted by Gasteiger charge is -2.01. The molecule has 74 valence electrons. The molecule has 2 aromatic heterocycles. The summed E-state index contributed by atoms with van der Waals surface area (Å²) in [5.41, 5.74) is 7.38. The predicted octanol–water partition coefficient (Wildman–Crippen LogP) is 0.239. The number of nitrogens with two attached hydrogens (primary N) is 1. The predicted molar refractivity (Wildman–Crippen MR) is 52.3 cm³/mol. The first kappa shape index (κ1) is 8.96. The van der Waals surface area contributed by atoms with Gasteiger partial charge in [-0.1, -0.05) is 0 Å². The van der Waals surface area contributed by atoms with Crippen LogP contribution in [0.4, 0.5) is 0 Å². The summed E-state index contributed by atoms with van der Waals surface area (Å²) in [4.78, 5) is 8.26. The molecule has 0 bridgehead atoms. The number of hydrogen-bond acceptors (Lipinski definition) is 4. The zero-order chi connectivity index (χ0) is 9.97. The van der Waals surface area contributed by atoms with Crippen molar-refractivity contribution >= 4 is 5.65 Å². The van der Waals surface area contributed by atoms with Gasteiger partial charge in [-0.25, -0.2) is 9.97 Å². The first-order valence-corrected chi connectivity index (χ1v) is 4.41. The van der Waals surface area contributed by atoms with Gasteiger partial charge in [0.25, 0.3) is 0 Å². The summed E-state index contributed by atoms with van der Waals surface area (Å²) in [6.07, 6.45) is 6.10. The van der Waals surface area contributed by atoms with E-state index in [4.69, 9.17) is 10.5 Å². The molecule has 5 nitrogen and oxygen atoms in total. The number of nitrogens with zero attached hydrogens (tertiary/aromatic N) is 3. The molecule has 0 saturated heterocycles. The molecule has 0 aromatic carbocycles. The van der Waals surface area contributed by atoms with E-state index in [1.165, 1.54) is 0 Å². The molecular formula is C9H12N4O. The molecule has 5 heteroatoms. The van der Waals surface area contributed by atoms with Crippen LogP contribution >= 0.6 is 0 Å². The van der Waals surface area contributed by atoms with Gasteiger partial charge in [-0.3, -0.25) is 4.40 Å². The SMILES string of the molecule is COc1cn2c(CCN)cnc2cn1. The van der Waals surface area contributed by atoms with Crippen LogP contribution in [-0.2, 0) is 6.42 Å². The molecule has 0 fully saturated rings. The fraction of sp³-hybridized carbons (Fsp3) is 0.333. The van der Waals surface area contributed by atoms with Crippen molar-refractivity contribution in [3.8, 4) is 5.88 Å². The standard InChI is InChI=1S/C9H12N4O/c1-14-9-6-13-7(2-3-10)4-11-8(13)5-12-9/h4-6H,2-3,10H2,1H3. The van der Waals surface area contributed by atoms with Crippen molar-refractivity contribution in [2.75, 3.05) is 13.7 Å². The van der Waals surface area contributed by atoms with Crippen LogP contribution in [0.3, 0.4) is 0 Å². The lowest BCUT2D eigenvalue weighted by atomic mass is 10.3.